The van der Waals surface area contributed by atoms with Crippen molar-refractivity contribution in [3.05, 3.63) is 29.8 Å². The Kier molecular flexibility index (Phi) is 10.8. The van der Waals surface area contributed by atoms with Gasteiger partial charge >= 0.3 is 11.9 Å². The summed E-state index contributed by atoms with van der Waals surface area (Å²) in [6.07, 6.45) is -0.137. The molecule has 29 heavy (non-hydrogen) atoms. The first-order chi connectivity index (χ1) is 13.9. The zero-order valence-electron chi connectivity index (χ0n) is 17.0. The molecule has 7 nitrogen and oxygen atoms in total. The van der Waals surface area contributed by atoms with E-state index in [1.807, 2.05) is 17.0 Å². The van der Waals surface area contributed by atoms with Gasteiger partial charge < -0.3 is 19.7 Å². The normalized spacial score (nSPS) is 10.9. The van der Waals surface area contributed by atoms with Crippen LogP contribution in [0.4, 0.5) is 5.69 Å². The molecule has 0 fully saturated rings. The van der Waals surface area contributed by atoms with E-state index in [0.29, 0.717) is 30.4 Å². The lowest BCUT2D eigenvalue weighted by atomic mass is 9.89. The highest BCUT2D eigenvalue weighted by Gasteiger charge is 2.50. The summed E-state index contributed by atoms with van der Waals surface area (Å²) in [4.78, 5) is 39.6. The number of nitrogens with zero attached hydrogens (tertiary/aromatic N) is 1. The molecule has 0 radical (unpaired) electrons. The number of hydrogen-bond donors (Lipinski definition) is 1. The lowest BCUT2D eigenvalue weighted by Gasteiger charge is -2.32. The Hall–Kier alpha value is -1.99. The SMILES string of the molecule is CCOC(=O)C(Cc1ccccc1N(CCCl)CCCl)(NC(C)=O)C(=O)OCC. The number of alkyl halides is 2. The van der Waals surface area contributed by atoms with Crippen LogP contribution in [0.15, 0.2) is 24.3 Å². The molecule has 0 spiro atoms. The number of rotatable bonds is 12. The van der Waals surface area contributed by atoms with Crippen LogP contribution in [-0.4, -0.2) is 61.4 Å². The number of esters is 2. The third-order valence-corrected chi connectivity index (χ3v) is 4.47. The second-order valence-electron chi connectivity index (χ2n) is 6.20. The highest BCUT2D eigenvalue weighted by molar-refractivity contribution is 6.18. The lowest BCUT2D eigenvalue weighted by molar-refractivity contribution is -0.168. The summed E-state index contributed by atoms with van der Waals surface area (Å²) < 4.78 is 10.3. The number of ether oxygens (including phenoxy) is 2. The van der Waals surface area contributed by atoms with E-state index in [1.165, 1.54) is 6.92 Å². The monoisotopic (exact) mass is 446 g/mol. The average molecular weight is 447 g/mol. The zero-order valence-corrected chi connectivity index (χ0v) is 18.5. The van der Waals surface area contributed by atoms with Gasteiger partial charge in [0.05, 0.1) is 13.2 Å². The molecular weight excluding hydrogens is 419 g/mol. The number of nitrogens with one attached hydrogen (secondary N) is 1. The molecule has 0 atom stereocenters. The number of amides is 1. The molecule has 0 bridgehead atoms. The molecule has 0 heterocycles. The fourth-order valence-electron chi connectivity index (χ4n) is 2.99. The summed E-state index contributed by atoms with van der Waals surface area (Å²) in [6, 6.07) is 7.25. The molecule has 1 aromatic rings. The van der Waals surface area contributed by atoms with E-state index in [2.05, 4.69) is 5.32 Å². The van der Waals surface area contributed by atoms with Gasteiger partial charge in [-0.1, -0.05) is 18.2 Å². The van der Waals surface area contributed by atoms with E-state index >= 15 is 0 Å². The maximum Gasteiger partial charge on any atom is 0.344 e. The van der Waals surface area contributed by atoms with E-state index in [0.717, 1.165) is 5.69 Å². The standard InChI is InChI=1S/C20H28Cl2N2O5/c1-4-28-18(26)20(23-15(3)25,19(27)29-5-2)14-16-8-6-7-9-17(16)24(12-10-21)13-11-22/h6-9H,4-5,10-14H2,1-3H3,(H,23,25). The van der Waals surface area contributed by atoms with Crippen molar-refractivity contribution < 1.29 is 23.9 Å². The van der Waals surface area contributed by atoms with E-state index < -0.39 is 23.4 Å². The van der Waals surface area contributed by atoms with E-state index in [1.54, 1.807) is 26.0 Å². The fourth-order valence-corrected chi connectivity index (χ4v) is 3.40. The van der Waals surface area contributed by atoms with Gasteiger partial charge in [-0.2, -0.15) is 0 Å². The molecule has 0 aliphatic rings. The highest BCUT2D eigenvalue weighted by atomic mass is 35.5. The van der Waals surface area contributed by atoms with Gasteiger partial charge in [0, 0.05) is 43.9 Å². The Labute approximate surface area is 181 Å². The van der Waals surface area contributed by atoms with Crippen LogP contribution in [0.5, 0.6) is 0 Å². The van der Waals surface area contributed by atoms with Crippen molar-refractivity contribution in [2.75, 3.05) is 43.0 Å². The molecule has 0 saturated heterocycles. The number of anilines is 1. The molecule has 0 aliphatic heterocycles. The topological polar surface area (TPSA) is 84.9 Å². The van der Waals surface area contributed by atoms with Crippen molar-refractivity contribution in [2.45, 2.75) is 32.7 Å². The van der Waals surface area contributed by atoms with Gasteiger partial charge in [-0.3, -0.25) is 4.79 Å². The Balaban J connectivity index is 3.50. The molecule has 1 amide bonds. The van der Waals surface area contributed by atoms with E-state index in [4.69, 9.17) is 32.7 Å². The summed E-state index contributed by atoms with van der Waals surface area (Å²) in [5, 5.41) is 2.48. The van der Waals surface area contributed by atoms with Crippen LogP contribution in [0, 0.1) is 0 Å². The molecule has 9 heteroatoms. The average Bonchev–Trinajstić information content (AvgIpc) is 2.67. The van der Waals surface area contributed by atoms with Gasteiger partial charge in [0.15, 0.2) is 0 Å². The third-order valence-electron chi connectivity index (χ3n) is 4.13. The molecule has 0 aliphatic carbocycles. The first-order valence-electron chi connectivity index (χ1n) is 9.44. The number of para-hydroxylation sites is 1. The molecule has 1 N–H and O–H groups in total. The number of halogens is 2. The molecular formula is C20H28Cl2N2O5. The largest absolute Gasteiger partial charge is 0.464 e. The van der Waals surface area contributed by atoms with Crippen molar-refractivity contribution in [1.82, 2.24) is 5.32 Å². The second kappa shape index (κ2) is 12.5. The fraction of sp³-hybridized carbons (Fsp3) is 0.550. The highest BCUT2D eigenvalue weighted by Crippen LogP contribution is 2.27. The van der Waals surface area contributed by atoms with Gasteiger partial charge in [0.25, 0.3) is 0 Å². The minimum atomic E-state index is -2.00. The molecule has 1 aromatic carbocycles. The van der Waals surface area contributed by atoms with Crippen LogP contribution in [0.1, 0.15) is 26.3 Å². The van der Waals surface area contributed by atoms with Gasteiger partial charge in [-0.25, -0.2) is 9.59 Å². The zero-order chi connectivity index (χ0) is 21.9. The first kappa shape index (κ1) is 25.0. The Morgan fingerprint density at radius 2 is 1.52 bits per heavy atom. The minimum absolute atomic E-state index is 0.0475. The maximum atomic E-state index is 12.9. The molecule has 1 rings (SSSR count). The molecule has 0 aromatic heterocycles. The Morgan fingerprint density at radius 3 is 1.97 bits per heavy atom. The minimum Gasteiger partial charge on any atom is -0.464 e. The Bertz CT molecular complexity index is 675. The van der Waals surface area contributed by atoms with Crippen LogP contribution in [0.25, 0.3) is 0 Å². The van der Waals surface area contributed by atoms with Gasteiger partial charge in [-0.15, -0.1) is 23.2 Å². The number of carbonyl (C=O) groups excluding carboxylic acids is 3. The van der Waals surface area contributed by atoms with Crippen molar-refractivity contribution in [3.63, 3.8) is 0 Å². The van der Waals surface area contributed by atoms with E-state index in [9.17, 15) is 14.4 Å². The second-order valence-corrected chi connectivity index (χ2v) is 6.95. The van der Waals surface area contributed by atoms with Gasteiger partial charge in [0.2, 0.25) is 11.4 Å². The predicted molar refractivity (Wildman–Crippen MR) is 114 cm³/mol. The van der Waals surface area contributed by atoms with Crippen LogP contribution in [0.2, 0.25) is 0 Å². The summed E-state index contributed by atoms with van der Waals surface area (Å²) in [6.45, 7) is 5.62. The van der Waals surface area contributed by atoms with Crippen LogP contribution >= 0.6 is 23.2 Å². The van der Waals surface area contributed by atoms with E-state index in [-0.39, 0.29) is 19.6 Å². The van der Waals surface area contributed by atoms with Crippen molar-refractivity contribution >= 4 is 46.7 Å². The van der Waals surface area contributed by atoms with Gasteiger partial charge in [0.1, 0.15) is 0 Å². The predicted octanol–water partition coefficient (Wildman–Crippen LogP) is 2.51. The number of hydrogen-bond acceptors (Lipinski definition) is 6. The third kappa shape index (κ3) is 6.78. The maximum absolute atomic E-state index is 12.9. The molecule has 0 unspecified atom stereocenters. The van der Waals surface area contributed by atoms with Crippen LogP contribution < -0.4 is 10.2 Å². The van der Waals surface area contributed by atoms with Crippen molar-refractivity contribution in [3.8, 4) is 0 Å². The summed E-state index contributed by atoms with van der Waals surface area (Å²) in [5.41, 5.74) is -0.587. The summed E-state index contributed by atoms with van der Waals surface area (Å²) in [5.74, 6) is -1.55. The van der Waals surface area contributed by atoms with Crippen LogP contribution in [-0.2, 0) is 30.3 Å². The van der Waals surface area contributed by atoms with Crippen LogP contribution in [0.3, 0.4) is 0 Å². The molecule has 162 valence electrons. The smallest absolute Gasteiger partial charge is 0.344 e. The molecule has 0 saturated carbocycles. The van der Waals surface area contributed by atoms with Crippen molar-refractivity contribution in [1.29, 1.82) is 0 Å². The Morgan fingerprint density at radius 1 is 1.00 bits per heavy atom. The van der Waals surface area contributed by atoms with Crippen molar-refractivity contribution in [2.24, 2.45) is 0 Å². The van der Waals surface area contributed by atoms with Gasteiger partial charge in [-0.05, 0) is 25.5 Å². The lowest BCUT2D eigenvalue weighted by Crippen LogP contribution is -2.62. The number of benzene rings is 1. The number of carbonyl (C=O) groups is 3. The quantitative estimate of drug-likeness (QED) is 0.301. The summed E-state index contributed by atoms with van der Waals surface area (Å²) in [7, 11) is 0. The summed E-state index contributed by atoms with van der Waals surface area (Å²) >= 11 is 11.9. The first-order valence-corrected chi connectivity index (χ1v) is 10.5.